The van der Waals surface area contributed by atoms with Crippen LogP contribution in [0.1, 0.15) is 18.9 Å². The van der Waals surface area contributed by atoms with Gasteiger partial charge < -0.3 is 19.4 Å². The molecule has 1 N–H and O–H groups in total. The maximum atomic E-state index is 13.4. The van der Waals surface area contributed by atoms with Crippen LogP contribution in [0.25, 0.3) is 11.0 Å². The predicted molar refractivity (Wildman–Crippen MR) is 131 cm³/mol. The zero-order valence-electron chi connectivity index (χ0n) is 18.6. The minimum absolute atomic E-state index is 0. The number of benzene rings is 2. The Morgan fingerprint density at radius 3 is 2.45 bits per heavy atom. The van der Waals surface area contributed by atoms with Gasteiger partial charge in [-0.2, -0.15) is 4.36 Å². The van der Waals surface area contributed by atoms with Crippen LogP contribution in [0.3, 0.4) is 0 Å². The highest BCUT2D eigenvalue weighted by Gasteiger charge is 2.29. The van der Waals surface area contributed by atoms with Crippen LogP contribution in [-0.4, -0.2) is 58.2 Å². The van der Waals surface area contributed by atoms with E-state index in [0.717, 1.165) is 23.9 Å². The minimum Gasteiger partial charge on any atom is -0.493 e. The summed E-state index contributed by atoms with van der Waals surface area (Å²) in [4.78, 5) is 22.8. The van der Waals surface area contributed by atoms with Gasteiger partial charge in [-0.25, -0.2) is 14.0 Å². The molecule has 0 bridgehead atoms. The molecule has 0 amide bonds. The molecule has 3 aromatic rings. The van der Waals surface area contributed by atoms with E-state index in [-0.39, 0.29) is 24.1 Å². The number of imidazole rings is 1. The van der Waals surface area contributed by atoms with E-state index in [1.54, 1.807) is 32.6 Å². The molecular weight excluding hydrogens is 466 g/mol. The topological polar surface area (TPSA) is 101 Å². The Balaban J connectivity index is 0.00000259. The summed E-state index contributed by atoms with van der Waals surface area (Å²) in [5.41, 5.74) is 2.26. The molecule has 1 aromatic heterocycles. The van der Waals surface area contributed by atoms with E-state index in [2.05, 4.69) is 9.35 Å². The number of methoxy groups -OCH3 is 2. The van der Waals surface area contributed by atoms with E-state index < -0.39 is 9.73 Å². The fourth-order valence-electron chi connectivity index (χ4n) is 4.46. The van der Waals surface area contributed by atoms with Gasteiger partial charge in [-0.3, -0.25) is 4.57 Å². The first-order valence-electron chi connectivity index (χ1n) is 10.4. The fraction of sp³-hybridized carbons (Fsp3) is 0.364. The monoisotopic (exact) mass is 491 g/mol. The minimum atomic E-state index is -2.68. The molecule has 1 atom stereocenters. The standard InChI is InChI=1S/C22H25N5O4S.ClH/c1-30-18-12-16-20(13-19(18)31-2)32(3,29)25-21(23-16)26-10-8-14(9-11-26)27-17-7-5-4-6-15(17)24-22(27)28;/h4-7,12-14H,8-11H2,1-3H3,(H,24,28);1H. The van der Waals surface area contributed by atoms with E-state index in [4.69, 9.17) is 14.5 Å². The third kappa shape index (κ3) is 3.97. The van der Waals surface area contributed by atoms with Crippen molar-refractivity contribution in [3.8, 4) is 11.5 Å². The lowest BCUT2D eigenvalue weighted by atomic mass is 10.0. The average molecular weight is 492 g/mol. The van der Waals surface area contributed by atoms with Crippen molar-refractivity contribution in [2.75, 3.05) is 33.6 Å². The normalized spacial score (nSPS) is 20.5. The first kappa shape index (κ1) is 23.2. The number of para-hydroxylation sites is 2. The second-order valence-corrected chi connectivity index (χ2v) is 10.2. The summed E-state index contributed by atoms with van der Waals surface area (Å²) in [5.74, 6) is 1.49. The number of piperidine rings is 1. The van der Waals surface area contributed by atoms with Gasteiger partial charge >= 0.3 is 5.69 Å². The Morgan fingerprint density at radius 2 is 1.76 bits per heavy atom. The van der Waals surface area contributed by atoms with E-state index in [9.17, 15) is 9.00 Å². The lowest BCUT2D eigenvalue weighted by molar-refractivity contribution is 0.265. The van der Waals surface area contributed by atoms with Gasteiger partial charge in [0, 0.05) is 37.5 Å². The largest absolute Gasteiger partial charge is 0.493 e. The van der Waals surface area contributed by atoms with Gasteiger partial charge in [-0.1, -0.05) is 12.1 Å². The number of aromatic nitrogens is 2. The molecule has 0 saturated carbocycles. The number of hydrogen-bond donors (Lipinski definition) is 1. The molecule has 0 radical (unpaired) electrons. The molecule has 2 aliphatic heterocycles. The summed E-state index contributed by atoms with van der Waals surface area (Å²) in [5, 5.41) is 0. The summed E-state index contributed by atoms with van der Waals surface area (Å²) < 4.78 is 30.4. The molecule has 11 heteroatoms. The highest BCUT2D eigenvalue weighted by atomic mass is 35.5. The zero-order chi connectivity index (χ0) is 22.5. The van der Waals surface area contributed by atoms with Crippen molar-refractivity contribution in [1.82, 2.24) is 14.5 Å². The number of rotatable bonds is 3. The van der Waals surface area contributed by atoms with E-state index in [0.29, 0.717) is 41.1 Å². The number of aromatic amines is 1. The Hall–Kier alpha value is -2.98. The SMILES string of the molecule is COc1cc2c(cc1OC)S(C)(=O)=NC(N1CCC(n3c(=O)[nH]c4ccccc43)CC1)=N2.Cl. The number of H-pyrrole nitrogens is 1. The number of guanidine groups is 1. The number of aliphatic imine (C=N–C) groups is 1. The second kappa shape index (κ2) is 8.75. The van der Waals surface area contributed by atoms with Gasteiger partial charge in [0.15, 0.2) is 11.5 Å². The van der Waals surface area contributed by atoms with Crippen LogP contribution in [0.4, 0.5) is 5.69 Å². The van der Waals surface area contributed by atoms with Crippen LogP contribution in [0.2, 0.25) is 0 Å². The molecule has 1 unspecified atom stereocenters. The highest BCUT2D eigenvalue weighted by Crippen LogP contribution is 2.40. The van der Waals surface area contributed by atoms with Crippen molar-refractivity contribution in [2.45, 2.75) is 23.8 Å². The number of fused-ring (bicyclic) bond motifs is 2. The first-order valence-corrected chi connectivity index (χ1v) is 12.3. The van der Waals surface area contributed by atoms with Crippen LogP contribution >= 0.6 is 12.4 Å². The second-order valence-electron chi connectivity index (χ2n) is 8.02. The van der Waals surface area contributed by atoms with Gasteiger partial charge in [0.1, 0.15) is 0 Å². The molecule has 176 valence electrons. The van der Waals surface area contributed by atoms with Crippen LogP contribution in [0.5, 0.6) is 11.5 Å². The molecule has 1 fully saturated rings. The maximum Gasteiger partial charge on any atom is 0.326 e. The van der Waals surface area contributed by atoms with Crippen molar-refractivity contribution < 1.29 is 13.7 Å². The Kier molecular flexibility index (Phi) is 6.15. The number of nitrogens with one attached hydrogen (secondary N) is 1. The number of hydrogen-bond acceptors (Lipinski definition) is 7. The van der Waals surface area contributed by atoms with E-state index >= 15 is 0 Å². The van der Waals surface area contributed by atoms with Gasteiger partial charge in [0.05, 0.1) is 45.6 Å². The van der Waals surface area contributed by atoms with Gasteiger partial charge in [0.2, 0.25) is 5.96 Å². The van der Waals surface area contributed by atoms with E-state index in [1.165, 1.54) is 0 Å². The van der Waals surface area contributed by atoms with E-state index in [1.807, 2.05) is 33.7 Å². The number of likely N-dealkylation sites (tertiary alicyclic amines) is 1. The maximum absolute atomic E-state index is 13.4. The zero-order valence-corrected chi connectivity index (χ0v) is 20.2. The Morgan fingerprint density at radius 1 is 1.09 bits per heavy atom. The van der Waals surface area contributed by atoms with Crippen molar-refractivity contribution >= 4 is 44.8 Å². The third-order valence-electron chi connectivity index (χ3n) is 6.09. The molecule has 33 heavy (non-hydrogen) atoms. The third-order valence-corrected chi connectivity index (χ3v) is 7.74. The lowest BCUT2D eigenvalue weighted by Crippen LogP contribution is -2.40. The molecule has 1 saturated heterocycles. The van der Waals surface area contributed by atoms with Crippen molar-refractivity contribution in [1.29, 1.82) is 0 Å². The van der Waals surface area contributed by atoms with Crippen molar-refractivity contribution in [3.05, 3.63) is 46.9 Å². The average Bonchev–Trinajstić information content (AvgIpc) is 3.13. The summed E-state index contributed by atoms with van der Waals surface area (Å²) >= 11 is 0. The van der Waals surface area contributed by atoms with Gasteiger partial charge in [-0.15, -0.1) is 12.4 Å². The molecule has 0 spiro atoms. The molecule has 9 nitrogen and oxygen atoms in total. The fourth-order valence-corrected chi connectivity index (χ4v) is 5.85. The lowest BCUT2D eigenvalue weighted by Gasteiger charge is -2.34. The Labute approximate surface area is 198 Å². The summed E-state index contributed by atoms with van der Waals surface area (Å²) in [6, 6.07) is 11.2. The van der Waals surface area contributed by atoms with Crippen molar-refractivity contribution in [2.24, 2.45) is 9.36 Å². The predicted octanol–water partition coefficient (Wildman–Crippen LogP) is 3.56. The first-order chi connectivity index (χ1) is 15.4. The molecule has 5 rings (SSSR count). The Bertz CT molecular complexity index is 1410. The molecular formula is C22H26ClN5O4S. The molecule has 3 heterocycles. The number of ether oxygens (including phenoxy) is 2. The summed E-state index contributed by atoms with van der Waals surface area (Å²) in [7, 11) is 0.416. The summed E-state index contributed by atoms with van der Waals surface area (Å²) in [6.45, 7) is 1.33. The van der Waals surface area contributed by atoms with Crippen LogP contribution < -0.4 is 15.2 Å². The summed E-state index contributed by atoms with van der Waals surface area (Å²) in [6.07, 6.45) is 3.14. The van der Waals surface area contributed by atoms with Crippen LogP contribution in [-0.2, 0) is 9.73 Å². The molecule has 2 aliphatic rings. The highest BCUT2D eigenvalue weighted by molar-refractivity contribution is 7.93. The van der Waals surface area contributed by atoms with Crippen molar-refractivity contribution in [3.63, 3.8) is 0 Å². The van der Waals surface area contributed by atoms with Crippen LogP contribution in [0, 0.1) is 0 Å². The molecule has 0 aliphatic carbocycles. The molecule has 2 aromatic carbocycles. The van der Waals surface area contributed by atoms with Crippen LogP contribution in [0.15, 0.2) is 55.4 Å². The van der Waals surface area contributed by atoms with Gasteiger partial charge in [0.25, 0.3) is 0 Å². The smallest absolute Gasteiger partial charge is 0.326 e. The quantitative estimate of drug-likeness (QED) is 0.603. The van der Waals surface area contributed by atoms with Gasteiger partial charge in [-0.05, 0) is 25.0 Å². The number of halogens is 1. The number of nitrogens with zero attached hydrogens (tertiary/aromatic N) is 4.